The van der Waals surface area contributed by atoms with Crippen molar-refractivity contribution in [3.05, 3.63) is 0 Å². The Hall–Kier alpha value is -0.400. The maximum absolute atomic E-state index is 12.4. The quantitative estimate of drug-likeness (QED) is 0.640. The maximum atomic E-state index is 12.4. The number of alkyl halides is 4. The molecule has 0 heterocycles. The number of hydrogen-bond acceptors (Lipinski definition) is 3. The summed E-state index contributed by atoms with van der Waals surface area (Å²) < 4.78 is 52.8. The zero-order valence-corrected chi connectivity index (χ0v) is 10.0. The van der Waals surface area contributed by atoms with Crippen molar-refractivity contribution < 1.29 is 27.4 Å². The largest absolute Gasteiger partial charge is 0.389 e. The number of rotatable bonds is 9. The van der Waals surface area contributed by atoms with Crippen molar-refractivity contribution in [2.45, 2.75) is 32.3 Å². The predicted molar refractivity (Wildman–Crippen MR) is 55.6 cm³/mol. The molecule has 0 saturated carbocycles. The number of hydrogen-bond donors (Lipinski definition) is 1. The van der Waals surface area contributed by atoms with Gasteiger partial charge in [-0.15, -0.1) is 0 Å². The molecule has 3 nitrogen and oxygen atoms in total. The van der Waals surface area contributed by atoms with Crippen molar-refractivity contribution in [1.82, 2.24) is 4.90 Å². The molecule has 0 aliphatic rings. The zero-order valence-electron chi connectivity index (χ0n) is 10.0. The Morgan fingerprint density at radius 1 is 1.24 bits per heavy atom. The number of likely N-dealkylation sites (N-methyl/N-ethyl adjacent to an activating group) is 1. The van der Waals surface area contributed by atoms with Crippen molar-refractivity contribution in [3.8, 4) is 0 Å². The van der Waals surface area contributed by atoms with Gasteiger partial charge in [-0.2, -0.15) is 8.78 Å². The lowest BCUT2D eigenvalue weighted by atomic mass is 10.3. The van der Waals surface area contributed by atoms with Gasteiger partial charge in [0.1, 0.15) is 6.61 Å². The monoisotopic (exact) mass is 261 g/mol. The number of ether oxygens (including phenoxy) is 1. The summed E-state index contributed by atoms with van der Waals surface area (Å²) in [4.78, 5) is 1.87. The molecule has 1 N–H and O–H groups in total. The summed E-state index contributed by atoms with van der Waals surface area (Å²) in [7, 11) is 0. The van der Waals surface area contributed by atoms with E-state index in [0.717, 1.165) is 0 Å². The third-order valence-electron chi connectivity index (χ3n) is 2.29. The Balaban J connectivity index is 3.81. The molecule has 0 spiro atoms. The fourth-order valence-corrected chi connectivity index (χ4v) is 1.23. The van der Waals surface area contributed by atoms with E-state index in [4.69, 9.17) is 0 Å². The fourth-order valence-electron chi connectivity index (χ4n) is 1.23. The lowest BCUT2D eigenvalue weighted by Gasteiger charge is -2.22. The molecular weight excluding hydrogens is 242 g/mol. The summed E-state index contributed by atoms with van der Waals surface area (Å²) in [6.07, 6.45) is -4.70. The average Bonchev–Trinajstić information content (AvgIpc) is 2.25. The Morgan fingerprint density at radius 3 is 2.18 bits per heavy atom. The normalized spacial score (nSPS) is 14.6. The smallest absolute Gasteiger partial charge is 0.330 e. The Bertz CT molecular complexity index is 201. The summed E-state index contributed by atoms with van der Waals surface area (Å²) in [5.41, 5.74) is 0. The molecule has 0 amide bonds. The van der Waals surface area contributed by atoms with Crippen molar-refractivity contribution in [1.29, 1.82) is 0 Å². The van der Waals surface area contributed by atoms with Gasteiger partial charge in [0.05, 0.1) is 12.7 Å². The van der Waals surface area contributed by atoms with Crippen LogP contribution in [-0.4, -0.2) is 61.3 Å². The summed E-state index contributed by atoms with van der Waals surface area (Å²) >= 11 is 0. The molecule has 104 valence electrons. The third kappa shape index (κ3) is 6.80. The van der Waals surface area contributed by atoms with Crippen molar-refractivity contribution in [2.75, 3.05) is 32.8 Å². The lowest BCUT2D eigenvalue weighted by Crippen LogP contribution is -2.37. The van der Waals surface area contributed by atoms with Gasteiger partial charge in [0.15, 0.2) is 0 Å². The van der Waals surface area contributed by atoms with E-state index in [9.17, 15) is 22.7 Å². The van der Waals surface area contributed by atoms with Crippen LogP contribution in [0.2, 0.25) is 0 Å². The van der Waals surface area contributed by atoms with Crippen LogP contribution in [0.3, 0.4) is 0 Å². The molecule has 7 heteroatoms. The molecule has 0 radical (unpaired) electrons. The van der Waals surface area contributed by atoms with E-state index >= 15 is 0 Å². The highest BCUT2D eigenvalue weighted by molar-refractivity contribution is 4.69. The zero-order chi connectivity index (χ0) is 13.5. The number of halogens is 4. The molecule has 0 aliphatic carbocycles. The van der Waals surface area contributed by atoms with Crippen LogP contribution >= 0.6 is 0 Å². The highest BCUT2D eigenvalue weighted by Crippen LogP contribution is 2.22. The summed E-state index contributed by atoms with van der Waals surface area (Å²) in [5.74, 6) is -4.16. The lowest BCUT2D eigenvalue weighted by molar-refractivity contribution is -0.171. The van der Waals surface area contributed by atoms with E-state index in [1.165, 1.54) is 0 Å². The molecule has 0 aromatic carbocycles. The minimum atomic E-state index is -4.16. The van der Waals surface area contributed by atoms with Crippen LogP contribution in [0.15, 0.2) is 0 Å². The Kier molecular flexibility index (Phi) is 7.65. The second-order valence-electron chi connectivity index (χ2n) is 3.72. The van der Waals surface area contributed by atoms with Crippen molar-refractivity contribution >= 4 is 0 Å². The number of aliphatic hydroxyl groups is 1. The maximum Gasteiger partial charge on any atom is 0.330 e. The third-order valence-corrected chi connectivity index (χ3v) is 2.29. The summed E-state index contributed by atoms with van der Waals surface area (Å²) in [6, 6.07) is 0. The molecule has 0 fully saturated rings. The number of aliphatic hydroxyl groups excluding tert-OH is 1. The first-order chi connectivity index (χ1) is 7.83. The van der Waals surface area contributed by atoms with E-state index in [1.54, 1.807) is 0 Å². The second kappa shape index (κ2) is 7.84. The topological polar surface area (TPSA) is 32.7 Å². The van der Waals surface area contributed by atoms with Gasteiger partial charge in [-0.1, -0.05) is 13.8 Å². The van der Waals surface area contributed by atoms with Gasteiger partial charge >= 0.3 is 12.3 Å². The van der Waals surface area contributed by atoms with Gasteiger partial charge in [0, 0.05) is 6.54 Å². The Labute approximate surface area is 98.4 Å². The highest BCUT2D eigenvalue weighted by atomic mass is 19.3. The van der Waals surface area contributed by atoms with Crippen LogP contribution in [0.4, 0.5) is 17.6 Å². The molecule has 0 saturated heterocycles. The molecule has 0 bridgehead atoms. The molecule has 1 atom stereocenters. The summed E-state index contributed by atoms with van der Waals surface area (Å²) in [6.45, 7) is 3.72. The second-order valence-corrected chi connectivity index (χ2v) is 3.72. The molecular formula is C10H19F4NO2. The molecule has 0 aliphatic heterocycles. The van der Waals surface area contributed by atoms with Crippen molar-refractivity contribution in [3.63, 3.8) is 0 Å². The average molecular weight is 261 g/mol. The minimum Gasteiger partial charge on any atom is -0.389 e. The van der Waals surface area contributed by atoms with E-state index in [0.29, 0.717) is 13.1 Å². The number of nitrogens with zero attached hydrogens (tertiary/aromatic N) is 1. The standard InChI is InChI=1S/C10H19F4NO2/c1-3-15(4-2)5-8(16)6-17-7-10(13,14)9(11)12/h8-9,16H,3-7H2,1-2H3. The van der Waals surface area contributed by atoms with Crippen LogP contribution < -0.4 is 0 Å². The van der Waals surface area contributed by atoms with Gasteiger partial charge < -0.3 is 14.7 Å². The first kappa shape index (κ1) is 16.6. The van der Waals surface area contributed by atoms with Crippen LogP contribution in [0, 0.1) is 0 Å². The van der Waals surface area contributed by atoms with Crippen LogP contribution in [0.5, 0.6) is 0 Å². The fraction of sp³-hybridized carbons (Fsp3) is 1.00. The highest BCUT2D eigenvalue weighted by Gasteiger charge is 2.41. The van der Waals surface area contributed by atoms with E-state index in [-0.39, 0.29) is 13.2 Å². The minimum absolute atomic E-state index is 0.271. The Morgan fingerprint density at radius 2 is 1.76 bits per heavy atom. The SMILES string of the molecule is CCN(CC)CC(O)COCC(F)(F)C(F)F. The molecule has 1 unspecified atom stereocenters. The van der Waals surface area contributed by atoms with Crippen molar-refractivity contribution in [2.24, 2.45) is 0 Å². The van der Waals surface area contributed by atoms with E-state index in [1.807, 2.05) is 18.7 Å². The van der Waals surface area contributed by atoms with Gasteiger partial charge in [-0.05, 0) is 13.1 Å². The van der Waals surface area contributed by atoms with E-state index in [2.05, 4.69) is 4.74 Å². The first-order valence-electron chi connectivity index (χ1n) is 5.47. The van der Waals surface area contributed by atoms with Crippen LogP contribution in [-0.2, 0) is 4.74 Å². The summed E-state index contributed by atoms with van der Waals surface area (Å²) in [5, 5.41) is 9.42. The molecule has 17 heavy (non-hydrogen) atoms. The van der Waals surface area contributed by atoms with E-state index < -0.39 is 25.1 Å². The van der Waals surface area contributed by atoms with Gasteiger partial charge in [0.2, 0.25) is 0 Å². The molecule has 0 aromatic heterocycles. The molecule has 0 aromatic rings. The first-order valence-corrected chi connectivity index (χ1v) is 5.47. The predicted octanol–water partition coefficient (Wildman–Crippen LogP) is 1.61. The van der Waals surface area contributed by atoms with Gasteiger partial charge in [-0.3, -0.25) is 0 Å². The molecule has 0 rings (SSSR count). The van der Waals surface area contributed by atoms with Crippen LogP contribution in [0.25, 0.3) is 0 Å². The van der Waals surface area contributed by atoms with Crippen LogP contribution in [0.1, 0.15) is 13.8 Å². The van der Waals surface area contributed by atoms with Gasteiger partial charge in [0.25, 0.3) is 0 Å². The van der Waals surface area contributed by atoms with Gasteiger partial charge in [-0.25, -0.2) is 8.78 Å².